The van der Waals surface area contributed by atoms with Gasteiger partial charge in [0.25, 0.3) is 0 Å². The minimum absolute atomic E-state index is 0.248. The number of aryl methyl sites for hydroxylation is 3. The summed E-state index contributed by atoms with van der Waals surface area (Å²) in [6.45, 7) is 5.75. The van der Waals surface area contributed by atoms with E-state index in [1.54, 1.807) is 6.92 Å². The van der Waals surface area contributed by atoms with Crippen LogP contribution < -0.4 is 0 Å². The first kappa shape index (κ1) is 12.3. The maximum Gasteiger partial charge on any atom is 0.360 e. The minimum Gasteiger partial charge on any atom is -0.464 e. The van der Waals surface area contributed by atoms with Crippen molar-refractivity contribution in [1.82, 2.24) is 15.0 Å². The molecule has 5 nitrogen and oxygen atoms in total. The highest BCUT2D eigenvalue weighted by molar-refractivity contribution is 5.88. The number of hydrogen-bond acceptors (Lipinski definition) is 4. The van der Waals surface area contributed by atoms with Gasteiger partial charge in [-0.15, -0.1) is 5.10 Å². The van der Waals surface area contributed by atoms with E-state index >= 15 is 0 Å². The number of aromatic nitrogens is 3. The van der Waals surface area contributed by atoms with Crippen LogP contribution in [-0.4, -0.2) is 28.1 Å². The highest BCUT2D eigenvalue weighted by atomic mass is 16.5. The number of nitrogens with zero attached hydrogens (tertiary/aromatic N) is 3. The van der Waals surface area contributed by atoms with Gasteiger partial charge in [0.2, 0.25) is 0 Å². The van der Waals surface area contributed by atoms with Crippen molar-refractivity contribution < 1.29 is 9.53 Å². The van der Waals surface area contributed by atoms with Crippen LogP contribution >= 0.6 is 0 Å². The molecule has 0 aliphatic heterocycles. The molecule has 5 heteroatoms. The van der Waals surface area contributed by atoms with Crippen LogP contribution in [0.2, 0.25) is 0 Å². The molecule has 0 N–H and O–H groups in total. The van der Waals surface area contributed by atoms with Crippen LogP contribution in [-0.2, 0) is 4.74 Å². The predicted molar refractivity (Wildman–Crippen MR) is 66.9 cm³/mol. The summed E-state index contributed by atoms with van der Waals surface area (Å²) in [5.74, 6) is -0.469. The van der Waals surface area contributed by atoms with Crippen molar-refractivity contribution in [2.24, 2.45) is 0 Å². The number of ether oxygens (including phenoxy) is 1. The van der Waals surface area contributed by atoms with E-state index in [4.69, 9.17) is 0 Å². The van der Waals surface area contributed by atoms with Gasteiger partial charge < -0.3 is 4.74 Å². The Balaban J connectivity index is 2.49. The lowest BCUT2D eigenvalue weighted by molar-refractivity contribution is 0.0592. The summed E-state index contributed by atoms with van der Waals surface area (Å²) in [7, 11) is 1.33. The lowest BCUT2D eigenvalue weighted by Gasteiger charge is -2.04. The molecule has 1 heterocycles. The summed E-state index contributed by atoms with van der Waals surface area (Å²) in [6.07, 6.45) is 0. The van der Waals surface area contributed by atoms with Crippen molar-refractivity contribution in [1.29, 1.82) is 0 Å². The van der Waals surface area contributed by atoms with Gasteiger partial charge in [0.1, 0.15) is 0 Å². The second-order valence-electron chi connectivity index (χ2n) is 4.20. The summed E-state index contributed by atoms with van der Waals surface area (Å²) < 4.78 is 4.66. The molecule has 0 amide bonds. The average molecular weight is 245 g/mol. The third-order valence-electron chi connectivity index (χ3n) is 2.73. The standard InChI is InChI=1S/C13H15N3O2/c1-8-5-6-11(9(2)7-8)16-14-10(3)12(15-16)13(17)18-4/h5-7H,1-4H3. The molecule has 1 aromatic heterocycles. The molecule has 0 aliphatic rings. The van der Waals surface area contributed by atoms with Crippen molar-refractivity contribution in [3.05, 3.63) is 40.7 Å². The Labute approximate surface area is 105 Å². The molecule has 2 aromatic rings. The van der Waals surface area contributed by atoms with Crippen LogP contribution in [0.25, 0.3) is 5.69 Å². The number of carbonyl (C=O) groups is 1. The molecular weight excluding hydrogens is 230 g/mol. The zero-order valence-electron chi connectivity index (χ0n) is 10.9. The Kier molecular flexibility index (Phi) is 3.14. The third kappa shape index (κ3) is 2.11. The van der Waals surface area contributed by atoms with Crippen LogP contribution in [0.15, 0.2) is 18.2 Å². The van der Waals surface area contributed by atoms with Crippen molar-refractivity contribution in [2.75, 3.05) is 7.11 Å². The fourth-order valence-electron chi connectivity index (χ4n) is 1.80. The van der Waals surface area contributed by atoms with E-state index in [9.17, 15) is 4.79 Å². The van der Waals surface area contributed by atoms with Gasteiger partial charge in [-0.2, -0.15) is 9.90 Å². The van der Waals surface area contributed by atoms with Gasteiger partial charge in [-0.1, -0.05) is 17.7 Å². The molecule has 0 spiro atoms. The molecule has 2 rings (SSSR count). The first-order chi connectivity index (χ1) is 8.52. The highest BCUT2D eigenvalue weighted by Gasteiger charge is 2.17. The second-order valence-corrected chi connectivity index (χ2v) is 4.20. The van der Waals surface area contributed by atoms with E-state index in [2.05, 4.69) is 14.9 Å². The van der Waals surface area contributed by atoms with Crippen LogP contribution in [0.3, 0.4) is 0 Å². The average Bonchev–Trinajstić information content (AvgIpc) is 2.70. The minimum atomic E-state index is -0.469. The molecule has 94 valence electrons. The first-order valence-corrected chi connectivity index (χ1v) is 5.63. The maximum atomic E-state index is 11.5. The Bertz CT molecular complexity index is 602. The Hall–Kier alpha value is -2.17. The molecule has 0 radical (unpaired) electrons. The number of carbonyl (C=O) groups excluding carboxylic acids is 1. The SMILES string of the molecule is COC(=O)c1nn(-c2ccc(C)cc2C)nc1C. The number of rotatable bonds is 2. The summed E-state index contributed by atoms with van der Waals surface area (Å²) in [5, 5.41) is 8.42. The van der Waals surface area contributed by atoms with Gasteiger partial charge >= 0.3 is 5.97 Å². The molecule has 18 heavy (non-hydrogen) atoms. The van der Waals surface area contributed by atoms with Crippen molar-refractivity contribution in [3.63, 3.8) is 0 Å². The molecule has 0 atom stereocenters. The monoisotopic (exact) mass is 245 g/mol. The Morgan fingerprint density at radius 1 is 1.22 bits per heavy atom. The van der Waals surface area contributed by atoms with Crippen LogP contribution in [0.1, 0.15) is 27.3 Å². The van der Waals surface area contributed by atoms with Crippen LogP contribution in [0.5, 0.6) is 0 Å². The van der Waals surface area contributed by atoms with Gasteiger partial charge in [-0.05, 0) is 32.4 Å². The zero-order chi connectivity index (χ0) is 13.3. The Morgan fingerprint density at radius 3 is 2.56 bits per heavy atom. The maximum absolute atomic E-state index is 11.5. The summed E-state index contributed by atoms with van der Waals surface area (Å²) in [5.41, 5.74) is 3.90. The number of esters is 1. The lowest BCUT2D eigenvalue weighted by atomic mass is 10.1. The molecule has 0 unspecified atom stereocenters. The highest BCUT2D eigenvalue weighted by Crippen LogP contribution is 2.15. The van der Waals surface area contributed by atoms with E-state index in [0.717, 1.165) is 11.3 Å². The van der Waals surface area contributed by atoms with Gasteiger partial charge in [-0.3, -0.25) is 0 Å². The van der Waals surface area contributed by atoms with E-state index in [1.165, 1.54) is 17.5 Å². The molecular formula is C13H15N3O2. The van der Waals surface area contributed by atoms with Gasteiger partial charge in [0.05, 0.1) is 18.5 Å². The van der Waals surface area contributed by atoms with E-state index in [1.807, 2.05) is 32.0 Å². The topological polar surface area (TPSA) is 57.0 Å². The van der Waals surface area contributed by atoms with Gasteiger partial charge in [0, 0.05) is 0 Å². The summed E-state index contributed by atoms with van der Waals surface area (Å²) in [4.78, 5) is 12.9. The van der Waals surface area contributed by atoms with E-state index in [0.29, 0.717) is 5.69 Å². The van der Waals surface area contributed by atoms with Crippen molar-refractivity contribution in [2.45, 2.75) is 20.8 Å². The normalized spacial score (nSPS) is 10.4. The van der Waals surface area contributed by atoms with Gasteiger partial charge in [0.15, 0.2) is 5.69 Å². The number of methoxy groups -OCH3 is 1. The summed E-state index contributed by atoms with van der Waals surface area (Å²) >= 11 is 0. The molecule has 1 aromatic carbocycles. The number of hydrogen-bond donors (Lipinski definition) is 0. The number of benzene rings is 1. The predicted octanol–water partition coefficient (Wildman–Crippen LogP) is 1.98. The third-order valence-corrected chi connectivity index (χ3v) is 2.73. The quantitative estimate of drug-likeness (QED) is 0.759. The van der Waals surface area contributed by atoms with Crippen molar-refractivity contribution >= 4 is 5.97 Å². The lowest BCUT2D eigenvalue weighted by Crippen LogP contribution is -2.06. The Morgan fingerprint density at radius 2 is 1.94 bits per heavy atom. The van der Waals surface area contributed by atoms with Crippen LogP contribution in [0.4, 0.5) is 0 Å². The van der Waals surface area contributed by atoms with Crippen LogP contribution in [0, 0.1) is 20.8 Å². The fourth-order valence-corrected chi connectivity index (χ4v) is 1.80. The summed E-state index contributed by atoms with van der Waals surface area (Å²) in [6, 6.07) is 5.97. The molecule has 0 saturated carbocycles. The second kappa shape index (κ2) is 4.60. The van der Waals surface area contributed by atoms with E-state index in [-0.39, 0.29) is 5.69 Å². The van der Waals surface area contributed by atoms with Crippen molar-refractivity contribution in [3.8, 4) is 5.69 Å². The molecule has 0 saturated heterocycles. The molecule has 0 aliphatic carbocycles. The molecule has 0 fully saturated rings. The smallest absolute Gasteiger partial charge is 0.360 e. The first-order valence-electron chi connectivity index (χ1n) is 5.63. The fraction of sp³-hybridized carbons (Fsp3) is 0.308. The van der Waals surface area contributed by atoms with Gasteiger partial charge in [-0.25, -0.2) is 4.79 Å². The largest absolute Gasteiger partial charge is 0.464 e. The zero-order valence-corrected chi connectivity index (χ0v) is 10.9. The van der Waals surface area contributed by atoms with E-state index < -0.39 is 5.97 Å². The molecule has 0 bridgehead atoms.